The lowest BCUT2D eigenvalue weighted by molar-refractivity contribution is -0.137. The Morgan fingerprint density at radius 1 is 1.00 bits per heavy atom. The molecule has 0 unspecified atom stereocenters. The standard InChI is InChI=1S/C18H18F3N/c1-3-8-17(22-16-12-7-4-9-13(16)2)14-10-5-6-11-15(14)18(19,20)21/h4-7,9-12H,3,8H2,1-2H3. The highest BCUT2D eigenvalue weighted by Gasteiger charge is 2.33. The first-order chi connectivity index (χ1) is 10.4. The van der Waals surface area contributed by atoms with Gasteiger partial charge < -0.3 is 0 Å². The maximum Gasteiger partial charge on any atom is 0.417 e. The first-order valence-electron chi connectivity index (χ1n) is 7.23. The molecule has 0 heterocycles. The highest BCUT2D eigenvalue weighted by atomic mass is 19.4. The fraction of sp³-hybridized carbons (Fsp3) is 0.278. The van der Waals surface area contributed by atoms with Crippen molar-refractivity contribution in [2.24, 2.45) is 4.99 Å². The molecule has 0 amide bonds. The highest BCUT2D eigenvalue weighted by Crippen LogP contribution is 2.33. The highest BCUT2D eigenvalue weighted by molar-refractivity contribution is 6.03. The van der Waals surface area contributed by atoms with Gasteiger partial charge in [-0.1, -0.05) is 49.7 Å². The van der Waals surface area contributed by atoms with Crippen LogP contribution in [0.3, 0.4) is 0 Å². The minimum atomic E-state index is -4.38. The summed E-state index contributed by atoms with van der Waals surface area (Å²) in [6.45, 7) is 3.83. The number of aliphatic imine (C=N–C) groups is 1. The van der Waals surface area contributed by atoms with Gasteiger partial charge in [0.25, 0.3) is 0 Å². The van der Waals surface area contributed by atoms with E-state index in [1.165, 1.54) is 12.1 Å². The molecule has 0 bridgehead atoms. The average molecular weight is 305 g/mol. The van der Waals surface area contributed by atoms with E-state index in [1.54, 1.807) is 6.07 Å². The fourth-order valence-electron chi connectivity index (χ4n) is 2.30. The van der Waals surface area contributed by atoms with Gasteiger partial charge in [0.1, 0.15) is 0 Å². The van der Waals surface area contributed by atoms with Gasteiger partial charge in [-0.3, -0.25) is 4.99 Å². The van der Waals surface area contributed by atoms with Gasteiger partial charge in [0, 0.05) is 11.3 Å². The molecule has 1 nitrogen and oxygen atoms in total. The summed E-state index contributed by atoms with van der Waals surface area (Å²) in [4.78, 5) is 4.51. The molecular formula is C18H18F3N. The molecule has 0 fully saturated rings. The molecule has 0 aromatic heterocycles. The number of hydrogen-bond acceptors (Lipinski definition) is 1. The molecular weight excluding hydrogens is 287 g/mol. The summed E-state index contributed by atoms with van der Waals surface area (Å²) < 4.78 is 39.6. The number of aryl methyl sites for hydroxylation is 1. The summed E-state index contributed by atoms with van der Waals surface area (Å²) in [6, 6.07) is 13.1. The van der Waals surface area contributed by atoms with E-state index in [4.69, 9.17) is 0 Å². The number of alkyl halides is 3. The SMILES string of the molecule is CCCC(=Nc1ccccc1C)c1ccccc1C(F)(F)F. The summed E-state index contributed by atoms with van der Waals surface area (Å²) in [6.07, 6.45) is -3.14. The largest absolute Gasteiger partial charge is 0.417 e. The van der Waals surface area contributed by atoms with Crippen molar-refractivity contribution in [3.05, 3.63) is 65.2 Å². The molecule has 0 N–H and O–H groups in total. The molecule has 2 rings (SSSR count). The van der Waals surface area contributed by atoms with E-state index in [2.05, 4.69) is 4.99 Å². The number of rotatable bonds is 4. The Labute approximate surface area is 128 Å². The number of para-hydroxylation sites is 1. The van der Waals surface area contributed by atoms with Crippen LogP contribution in [0.25, 0.3) is 0 Å². The summed E-state index contributed by atoms with van der Waals surface area (Å²) in [7, 11) is 0. The molecule has 0 spiro atoms. The monoisotopic (exact) mass is 305 g/mol. The smallest absolute Gasteiger partial charge is 0.253 e. The van der Waals surface area contributed by atoms with E-state index in [1.807, 2.05) is 38.1 Å². The van der Waals surface area contributed by atoms with Crippen molar-refractivity contribution in [1.82, 2.24) is 0 Å². The summed E-state index contributed by atoms with van der Waals surface area (Å²) in [5.41, 5.74) is 1.67. The normalized spacial score (nSPS) is 12.5. The Morgan fingerprint density at radius 2 is 1.64 bits per heavy atom. The second-order valence-corrected chi connectivity index (χ2v) is 5.14. The summed E-state index contributed by atoms with van der Waals surface area (Å²) in [5.74, 6) is 0. The Bertz CT molecular complexity index is 672. The number of hydrogen-bond donors (Lipinski definition) is 0. The minimum Gasteiger partial charge on any atom is -0.253 e. The average Bonchev–Trinajstić information content (AvgIpc) is 2.48. The van der Waals surface area contributed by atoms with Crippen LogP contribution in [0.4, 0.5) is 18.9 Å². The number of nitrogens with zero attached hydrogens (tertiary/aromatic N) is 1. The van der Waals surface area contributed by atoms with Gasteiger partial charge in [-0.2, -0.15) is 13.2 Å². The van der Waals surface area contributed by atoms with Crippen molar-refractivity contribution in [3.8, 4) is 0 Å². The molecule has 0 aliphatic heterocycles. The fourth-order valence-corrected chi connectivity index (χ4v) is 2.30. The van der Waals surface area contributed by atoms with Gasteiger partial charge in [-0.15, -0.1) is 0 Å². The van der Waals surface area contributed by atoms with Crippen molar-refractivity contribution < 1.29 is 13.2 Å². The number of halogens is 3. The van der Waals surface area contributed by atoms with Crippen molar-refractivity contribution in [2.45, 2.75) is 32.9 Å². The first-order valence-corrected chi connectivity index (χ1v) is 7.23. The lowest BCUT2D eigenvalue weighted by Crippen LogP contribution is -2.13. The van der Waals surface area contributed by atoms with Crippen LogP contribution in [0.1, 0.15) is 36.5 Å². The summed E-state index contributed by atoms with van der Waals surface area (Å²) in [5, 5.41) is 0. The van der Waals surface area contributed by atoms with Crippen molar-refractivity contribution in [2.75, 3.05) is 0 Å². The molecule has 0 saturated heterocycles. The Hall–Kier alpha value is -2.10. The third-order valence-corrected chi connectivity index (χ3v) is 3.40. The molecule has 2 aromatic rings. The first kappa shape index (κ1) is 16.3. The Kier molecular flexibility index (Phi) is 5.01. The van der Waals surface area contributed by atoms with Gasteiger partial charge in [0.15, 0.2) is 0 Å². The second-order valence-electron chi connectivity index (χ2n) is 5.14. The molecule has 0 atom stereocenters. The predicted octanol–water partition coefficient (Wildman–Crippen LogP) is 5.93. The Balaban J connectivity index is 2.57. The predicted molar refractivity (Wildman–Crippen MR) is 83.7 cm³/mol. The number of benzene rings is 2. The van der Waals surface area contributed by atoms with Crippen LogP contribution in [0, 0.1) is 6.92 Å². The third-order valence-electron chi connectivity index (χ3n) is 3.40. The van der Waals surface area contributed by atoms with Gasteiger partial charge in [0.05, 0.1) is 11.3 Å². The lowest BCUT2D eigenvalue weighted by Gasteiger charge is -2.14. The quantitative estimate of drug-likeness (QED) is 0.620. The van der Waals surface area contributed by atoms with Crippen LogP contribution < -0.4 is 0 Å². The maximum absolute atomic E-state index is 13.2. The lowest BCUT2D eigenvalue weighted by atomic mass is 9.99. The molecule has 0 aliphatic rings. The second kappa shape index (κ2) is 6.77. The van der Waals surface area contributed by atoms with Crippen molar-refractivity contribution in [3.63, 3.8) is 0 Å². The van der Waals surface area contributed by atoms with Gasteiger partial charge in [-0.05, 0) is 31.0 Å². The van der Waals surface area contributed by atoms with E-state index in [-0.39, 0.29) is 5.56 Å². The zero-order valence-electron chi connectivity index (χ0n) is 12.6. The summed E-state index contributed by atoms with van der Waals surface area (Å²) >= 11 is 0. The topological polar surface area (TPSA) is 12.4 Å². The molecule has 2 aromatic carbocycles. The van der Waals surface area contributed by atoms with E-state index in [9.17, 15) is 13.2 Å². The van der Waals surface area contributed by atoms with Gasteiger partial charge >= 0.3 is 6.18 Å². The van der Waals surface area contributed by atoms with Crippen molar-refractivity contribution >= 4 is 11.4 Å². The molecule has 4 heteroatoms. The van der Waals surface area contributed by atoms with Gasteiger partial charge in [0.2, 0.25) is 0 Å². The maximum atomic E-state index is 13.2. The van der Waals surface area contributed by atoms with Crippen LogP contribution in [0.2, 0.25) is 0 Å². The van der Waals surface area contributed by atoms with Crippen LogP contribution in [-0.4, -0.2) is 5.71 Å². The molecule has 0 aliphatic carbocycles. The van der Waals surface area contributed by atoms with Crippen LogP contribution in [0.5, 0.6) is 0 Å². The zero-order chi connectivity index (χ0) is 16.2. The minimum absolute atomic E-state index is 0.167. The molecule has 0 saturated carbocycles. The Morgan fingerprint density at radius 3 is 2.27 bits per heavy atom. The molecule has 22 heavy (non-hydrogen) atoms. The molecule has 0 radical (unpaired) electrons. The molecule has 116 valence electrons. The van der Waals surface area contributed by atoms with Crippen LogP contribution in [0.15, 0.2) is 53.5 Å². The van der Waals surface area contributed by atoms with Crippen LogP contribution in [-0.2, 0) is 6.18 Å². The zero-order valence-corrected chi connectivity index (χ0v) is 12.6. The van der Waals surface area contributed by atoms with E-state index >= 15 is 0 Å². The van der Waals surface area contributed by atoms with Gasteiger partial charge in [-0.25, -0.2) is 0 Å². The van der Waals surface area contributed by atoms with Crippen molar-refractivity contribution in [1.29, 1.82) is 0 Å². The third kappa shape index (κ3) is 3.75. The van der Waals surface area contributed by atoms with E-state index in [0.29, 0.717) is 17.8 Å². The van der Waals surface area contributed by atoms with E-state index < -0.39 is 11.7 Å². The van der Waals surface area contributed by atoms with E-state index in [0.717, 1.165) is 18.1 Å². The van der Waals surface area contributed by atoms with Crippen LogP contribution >= 0.6 is 0 Å².